The van der Waals surface area contributed by atoms with E-state index in [1.165, 1.54) is 4.31 Å². The van der Waals surface area contributed by atoms with E-state index < -0.39 is 10.0 Å². The Morgan fingerprint density at radius 1 is 1.19 bits per heavy atom. The van der Waals surface area contributed by atoms with Crippen LogP contribution in [0.5, 0.6) is 0 Å². The topological polar surface area (TPSA) is 57.6 Å². The molecule has 0 spiro atoms. The van der Waals surface area contributed by atoms with Crippen molar-refractivity contribution in [3.63, 3.8) is 0 Å². The van der Waals surface area contributed by atoms with Gasteiger partial charge in [-0.05, 0) is 47.0 Å². The smallest absolute Gasteiger partial charge is 0.244 e. The summed E-state index contributed by atoms with van der Waals surface area (Å²) in [7, 11) is -3.57. The van der Waals surface area contributed by atoms with Crippen molar-refractivity contribution in [1.29, 1.82) is 0 Å². The van der Waals surface area contributed by atoms with Crippen molar-refractivity contribution in [2.24, 2.45) is 0 Å². The first-order chi connectivity index (χ1) is 9.93. The van der Waals surface area contributed by atoms with Crippen LogP contribution in [0.25, 0.3) is 0 Å². The van der Waals surface area contributed by atoms with Gasteiger partial charge in [0.25, 0.3) is 0 Å². The second-order valence-electron chi connectivity index (χ2n) is 5.12. The van der Waals surface area contributed by atoms with Crippen LogP contribution in [0.15, 0.2) is 27.6 Å². The summed E-state index contributed by atoms with van der Waals surface area (Å²) in [6.07, 6.45) is 4.02. The first kappa shape index (κ1) is 18.6. The maximum absolute atomic E-state index is 12.7. The van der Waals surface area contributed by atoms with Gasteiger partial charge in [0, 0.05) is 17.6 Å². The number of rotatable bonds is 9. The minimum atomic E-state index is -3.57. The summed E-state index contributed by atoms with van der Waals surface area (Å²) in [5.41, 5.74) is 0.998. The van der Waals surface area contributed by atoms with Gasteiger partial charge in [0.1, 0.15) is 0 Å². The van der Waals surface area contributed by atoms with Gasteiger partial charge in [-0.3, -0.25) is 0 Å². The van der Waals surface area contributed by atoms with Gasteiger partial charge < -0.3 is 5.11 Å². The minimum Gasteiger partial charge on any atom is -0.395 e. The third kappa shape index (κ3) is 5.36. The van der Waals surface area contributed by atoms with Crippen LogP contribution in [0, 0.1) is 6.92 Å². The number of benzene rings is 1. The van der Waals surface area contributed by atoms with Crippen LogP contribution >= 0.6 is 15.9 Å². The van der Waals surface area contributed by atoms with Crippen LogP contribution in [-0.2, 0) is 10.0 Å². The number of aliphatic hydroxyl groups is 1. The molecule has 0 unspecified atom stereocenters. The first-order valence-corrected chi connectivity index (χ1v) is 9.54. The second-order valence-corrected chi connectivity index (χ2v) is 7.88. The van der Waals surface area contributed by atoms with Crippen molar-refractivity contribution in [2.45, 2.75) is 44.4 Å². The zero-order valence-electron chi connectivity index (χ0n) is 12.7. The molecule has 0 bridgehead atoms. The lowest BCUT2D eigenvalue weighted by Gasteiger charge is -2.22. The van der Waals surface area contributed by atoms with Gasteiger partial charge in [0.15, 0.2) is 0 Å². The van der Waals surface area contributed by atoms with E-state index in [0.717, 1.165) is 31.2 Å². The lowest BCUT2D eigenvalue weighted by Crippen LogP contribution is -2.34. The second kappa shape index (κ2) is 8.88. The van der Waals surface area contributed by atoms with Gasteiger partial charge in [-0.15, -0.1) is 0 Å². The average Bonchev–Trinajstić information content (AvgIpc) is 2.41. The highest BCUT2D eigenvalue weighted by molar-refractivity contribution is 9.10. The Hall–Kier alpha value is -0.430. The lowest BCUT2D eigenvalue weighted by molar-refractivity contribution is 0.251. The number of hydrogen-bond acceptors (Lipinski definition) is 3. The van der Waals surface area contributed by atoms with Crippen LogP contribution in [0.2, 0.25) is 0 Å². The third-order valence-electron chi connectivity index (χ3n) is 3.32. The molecule has 1 aromatic carbocycles. The van der Waals surface area contributed by atoms with Crippen LogP contribution < -0.4 is 0 Å². The van der Waals surface area contributed by atoms with E-state index in [0.29, 0.717) is 11.0 Å². The first-order valence-electron chi connectivity index (χ1n) is 7.30. The summed E-state index contributed by atoms with van der Waals surface area (Å²) in [5.74, 6) is 0. The van der Waals surface area contributed by atoms with Crippen molar-refractivity contribution in [3.05, 3.63) is 28.2 Å². The predicted molar refractivity (Wildman–Crippen MR) is 88.9 cm³/mol. The maximum Gasteiger partial charge on any atom is 0.244 e. The Morgan fingerprint density at radius 2 is 1.90 bits per heavy atom. The Labute approximate surface area is 136 Å². The molecule has 1 aromatic rings. The van der Waals surface area contributed by atoms with E-state index >= 15 is 0 Å². The van der Waals surface area contributed by atoms with Crippen molar-refractivity contribution < 1.29 is 13.5 Å². The molecule has 0 heterocycles. The largest absolute Gasteiger partial charge is 0.395 e. The van der Waals surface area contributed by atoms with Gasteiger partial charge in [-0.2, -0.15) is 4.31 Å². The number of halogens is 1. The Morgan fingerprint density at radius 3 is 2.48 bits per heavy atom. The van der Waals surface area contributed by atoms with Crippen LogP contribution in [0.3, 0.4) is 0 Å². The van der Waals surface area contributed by atoms with E-state index in [2.05, 4.69) is 22.9 Å². The molecule has 0 radical (unpaired) electrons. The molecule has 1 rings (SSSR count). The molecule has 0 aromatic heterocycles. The molecular weight excluding hydrogens is 354 g/mol. The summed E-state index contributed by atoms with van der Waals surface area (Å²) in [5, 5.41) is 9.15. The van der Waals surface area contributed by atoms with Gasteiger partial charge in [-0.1, -0.05) is 32.3 Å². The van der Waals surface area contributed by atoms with Gasteiger partial charge in [0.05, 0.1) is 11.5 Å². The van der Waals surface area contributed by atoms with Crippen molar-refractivity contribution >= 4 is 26.0 Å². The number of hydrogen-bond donors (Lipinski definition) is 1. The van der Waals surface area contributed by atoms with Crippen LogP contribution in [-0.4, -0.2) is 37.5 Å². The molecule has 21 heavy (non-hydrogen) atoms. The number of unbranched alkanes of at least 4 members (excludes halogenated alkanes) is 3. The monoisotopic (exact) mass is 377 g/mol. The average molecular weight is 378 g/mol. The highest BCUT2D eigenvalue weighted by atomic mass is 79.9. The molecule has 0 amide bonds. The number of nitrogens with zero attached hydrogens (tertiary/aromatic N) is 1. The van der Waals surface area contributed by atoms with Gasteiger partial charge >= 0.3 is 0 Å². The molecular formula is C15H24BrNO3S. The van der Waals surface area contributed by atoms with Crippen molar-refractivity contribution in [3.8, 4) is 0 Å². The highest BCUT2D eigenvalue weighted by Crippen LogP contribution is 2.26. The molecule has 0 fully saturated rings. The summed E-state index contributed by atoms with van der Waals surface area (Å²) in [6.45, 7) is 4.44. The Bertz CT molecular complexity index is 546. The molecule has 0 aliphatic rings. The van der Waals surface area contributed by atoms with E-state index in [1.807, 2.05) is 6.92 Å². The highest BCUT2D eigenvalue weighted by Gasteiger charge is 2.25. The molecule has 120 valence electrons. The minimum absolute atomic E-state index is 0.134. The molecule has 4 nitrogen and oxygen atoms in total. The third-order valence-corrected chi connectivity index (χ3v) is 6.19. The molecule has 0 aliphatic carbocycles. The van der Waals surface area contributed by atoms with Crippen LogP contribution in [0.1, 0.15) is 38.2 Å². The molecule has 0 aliphatic heterocycles. The summed E-state index contributed by atoms with van der Waals surface area (Å²) in [6, 6.07) is 5.19. The number of aryl methyl sites for hydroxylation is 1. The quantitative estimate of drug-likeness (QED) is 0.671. The fraction of sp³-hybridized carbons (Fsp3) is 0.600. The number of aliphatic hydroxyl groups excluding tert-OH is 1. The number of sulfonamides is 1. The Kier molecular flexibility index (Phi) is 7.87. The fourth-order valence-electron chi connectivity index (χ4n) is 2.13. The molecule has 0 atom stereocenters. The van der Waals surface area contributed by atoms with E-state index in [9.17, 15) is 8.42 Å². The molecule has 1 N–H and O–H groups in total. The lowest BCUT2D eigenvalue weighted by atomic mass is 10.2. The van der Waals surface area contributed by atoms with E-state index in [4.69, 9.17) is 5.11 Å². The van der Waals surface area contributed by atoms with Crippen molar-refractivity contribution in [2.75, 3.05) is 19.7 Å². The predicted octanol–water partition coefficient (Wildman–Crippen LogP) is 3.32. The van der Waals surface area contributed by atoms with Gasteiger partial charge in [0.2, 0.25) is 10.0 Å². The maximum atomic E-state index is 12.7. The summed E-state index contributed by atoms with van der Waals surface area (Å²) < 4.78 is 27.3. The van der Waals surface area contributed by atoms with Gasteiger partial charge in [-0.25, -0.2) is 8.42 Å². The molecule has 0 saturated heterocycles. The normalized spacial score (nSPS) is 12.0. The zero-order chi connectivity index (χ0) is 15.9. The van der Waals surface area contributed by atoms with E-state index in [-0.39, 0.29) is 18.0 Å². The fourth-order valence-corrected chi connectivity index (χ4v) is 4.75. The van der Waals surface area contributed by atoms with E-state index in [1.54, 1.807) is 18.2 Å². The van der Waals surface area contributed by atoms with Crippen LogP contribution in [0.4, 0.5) is 0 Å². The van der Waals surface area contributed by atoms with Crippen molar-refractivity contribution in [1.82, 2.24) is 4.31 Å². The standard InChI is InChI=1S/C15H24BrNO3S/c1-3-4-5-6-9-17(10-11-18)21(19,20)15-8-7-13(2)12-14(15)16/h7-8,12,18H,3-6,9-11H2,1-2H3. The zero-order valence-corrected chi connectivity index (χ0v) is 15.1. The molecule has 6 heteroatoms. The summed E-state index contributed by atoms with van der Waals surface area (Å²) >= 11 is 3.33. The Balaban J connectivity index is 2.93. The molecule has 0 saturated carbocycles. The summed E-state index contributed by atoms with van der Waals surface area (Å²) in [4.78, 5) is 0.261. The SMILES string of the molecule is CCCCCCN(CCO)S(=O)(=O)c1ccc(C)cc1Br.